The van der Waals surface area contributed by atoms with Crippen LogP contribution in [0.5, 0.6) is 0 Å². The molecular weight excluding hydrogens is 520 g/mol. The Bertz CT molecular complexity index is 1910. The van der Waals surface area contributed by atoms with Crippen molar-refractivity contribution in [3.63, 3.8) is 0 Å². The van der Waals surface area contributed by atoms with Gasteiger partial charge in [-0.3, -0.25) is 4.98 Å². The first-order valence-electron chi connectivity index (χ1n) is 15.1. The van der Waals surface area contributed by atoms with Crippen molar-refractivity contribution in [2.45, 2.75) is 38.5 Å². The van der Waals surface area contributed by atoms with Gasteiger partial charge in [0.2, 0.25) is 0 Å². The quantitative estimate of drug-likeness (QED) is 0.215. The van der Waals surface area contributed by atoms with E-state index in [0.717, 1.165) is 16.9 Å². The van der Waals surface area contributed by atoms with Gasteiger partial charge in [-0.15, -0.1) is 0 Å². The predicted octanol–water partition coefficient (Wildman–Crippen LogP) is 10.8. The molecule has 2 nitrogen and oxygen atoms in total. The van der Waals surface area contributed by atoms with Crippen LogP contribution in [0, 0.1) is 0 Å². The fourth-order valence-corrected chi connectivity index (χ4v) is 7.42. The number of anilines is 3. The van der Waals surface area contributed by atoms with E-state index in [1.165, 1.54) is 55.9 Å². The summed E-state index contributed by atoms with van der Waals surface area (Å²) in [6.45, 7) is 9.40. The van der Waals surface area contributed by atoms with E-state index in [1.807, 2.05) is 18.3 Å². The van der Waals surface area contributed by atoms with Crippen LogP contribution in [0.3, 0.4) is 0 Å². The van der Waals surface area contributed by atoms with Crippen molar-refractivity contribution in [3.05, 3.63) is 156 Å². The standard InChI is InChI=1S/C41H34N2/c1-40(2)35-13-7-5-11-31(35)33-22-20-29(25-37(33)40)43(28-18-16-27(17-19-28)39-15-9-10-24-42-39)30-21-23-34-32-12-6-8-14-36(32)41(3,4)38(34)26-30/h5-26H,1-4H3. The monoisotopic (exact) mass is 554 g/mol. The summed E-state index contributed by atoms with van der Waals surface area (Å²) in [4.78, 5) is 6.99. The lowest BCUT2D eigenvalue weighted by Gasteiger charge is -2.30. The molecule has 0 N–H and O–H groups in total. The van der Waals surface area contributed by atoms with Crippen LogP contribution in [-0.2, 0) is 10.8 Å². The smallest absolute Gasteiger partial charge is 0.0701 e. The van der Waals surface area contributed by atoms with Crippen LogP contribution < -0.4 is 4.90 Å². The van der Waals surface area contributed by atoms with E-state index in [1.54, 1.807) is 0 Å². The molecule has 0 bridgehead atoms. The van der Waals surface area contributed by atoms with E-state index >= 15 is 0 Å². The molecule has 2 aliphatic rings. The molecule has 0 radical (unpaired) electrons. The highest BCUT2D eigenvalue weighted by molar-refractivity contribution is 5.88. The Morgan fingerprint density at radius 3 is 1.42 bits per heavy atom. The van der Waals surface area contributed by atoms with Crippen LogP contribution in [-0.4, -0.2) is 4.98 Å². The Morgan fingerprint density at radius 2 is 0.907 bits per heavy atom. The molecule has 43 heavy (non-hydrogen) atoms. The minimum atomic E-state index is -0.0714. The van der Waals surface area contributed by atoms with Crippen LogP contribution >= 0.6 is 0 Å². The molecule has 0 amide bonds. The van der Waals surface area contributed by atoms with Crippen molar-refractivity contribution < 1.29 is 0 Å². The summed E-state index contributed by atoms with van der Waals surface area (Å²) in [7, 11) is 0. The van der Waals surface area contributed by atoms with E-state index in [0.29, 0.717) is 0 Å². The Morgan fingerprint density at radius 1 is 0.442 bits per heavy atom. The largest absolute Gasteiger partial charge is 0.310 e. The Kier molecular flexibility index (Phi) is 5.55. The number of rotatable bonds is 4. The van der Waals surface area contributed by atoms with Crippen molar-refractivity contribution in [1.29, 1.82) is 0 Å². The molecule has 6 aromatic rings. The van der Waals surface area contributed by atoms with Gasteiger partial charge in [0, 0.05) is 39.7 Å². The molecule has 0 fully saturated rings. The molecule has 1 heterocycles. The highest BCUT2D eigenvalue weighted by Crippen LogP contribution is 2.53. The van der Waals surface area contributed by atoms with Crippen molar-refractivity contribution >= 4 is 17.1 Å². The average Bonchev–Trinajstić information content (AvgIpc) is 3.41. The van der Waals surface area contributed by atoms with Gasteiger partial charge in [-0.1, -0.05) is 107 Å². The number of nitrogens with zero attached hydrogens (tertiary/aromatic N) is 2. The molecule has 5 aromatic carbocycles. The molecular formula is C41H34N2. The molecule has 0 atom stereocenters. The zero-order valence-electron chi connectivity index (χ0n) is 25.1. The molecule has 2 heteroatoms. The number of pyridine rings is 1. The number of fused-ring (bicyclic) bond motifs is 6. The van der Waals surface area contributed by atoms with E-state index in [2.05, 4.69) is 153 Å². The van der Waals surface area contributed by atoms with Crippen LogP contribution in [0.4, 0.5) is 17.1 Å². The Labute approximate surface area is 254 Å². The first-order valence-corrected chi connectivity index (χ1v) is 15.1. The zero-order valence-corrected chi connectivity index (χ0v) is 25.1. The minimum absolute atomic E-state index is 0.0714. The molecule has 8 rings (SSSR count). The third-order valence-electron chi connectivity index (χ3n) is 9.74. The normalized spacial score (nSPS) is 14.9. The maximum absolute atomic E-state index is 4.58. The molecule has 1 aromatic heterocycles. The number of hydrogen-bond donors (Lipinski definition) is 0. The van der Waals surface area contributed by atoms with Gasteiger partial charge < -0.3 is 4.90 Å². The number of aromatic nitrogens is 1. The van der Waals surface area contributed by atoms with Gasteiger partial charge in [0.1, 0.15) is 0 Å². The second kappa shape index (κ2) is 9.28. The van der Waals surface area contributed by atoms with Gasteiger partial charge in [0.25, 0.3) is 0 Å². The molecule has 0 unspecified atom stereocenters. The second-order valence-corrected chi connectivity index (χ2v) is 12.9. The molecule has 0 saturated carbocycles. The summed E-state index contributed by atoms with van der Waals surface area (Å²) < 4.78 is 0. The van der Waals surface area contributed by atoms with E-state index in [-0.39, 0.29) is 10.8 Å². The van der Waals surface area contributed by atoms with Gasteiger partial charge in [-0.2, -0.15) is 0 Å². The first-order chi connectivity index (χ1) is 20.8. The topological polar surface area (TPSA) is 16.1 Å². The highest BCUT2D eigenvalue weighted by atomic mass is 15.1. The lowest BCUT2D eigenvalue weighted by Crippen LogP contribution is -2.18. The van der Waals surface area contributed by atoms with Gasteiger partial charge in [0.05, 0.1) is 5.69 Å². The van der Waals surface area contributed by atoms with Gasteiger partial charge in [0.15, 0.2) is 0 Å². The lowest BCUT2D eigenvalue weighted by atomic mass is 9.82. The lowest BCUT2D eigenvalue weighted by molar-refractivity contribution is 0.660. The highest BCUT2D eigenvalue weighted by Gasteiger charge is 2.37. The van der Waals surface area contributed by atoms with Crippen molar-refractivity contribution in [2.24, 2.45) is 0 Å². The third-order valence-corrected chi connectivity index (χ3v) is 9.74. The van der Waals surface area contributed by atoms with Gasteiger partial charge in [-0.05, 0) is 93.0 Å². The van der Waals surface area contributed by atoms with Gasteiger partial charge in [-0.25, -0.2) is 0 Å². The fourth-order valence-electron chi connectivity index (χ4n) is 7.42. The van der Waals surface area contributed by atoms with E-state index < -0.39 is 0 Å². The summed E-state index contributed by atoms with van der Waals surface area (Å²) in [5.74, 6) is 0. The van der Waals surface area contributed by atoms with Crippen LogP contribution in [0.2, 0.25) is 0 Å². The van der Waals surface area contributed by atoms with E-state index in [9.17, 15) is 0 Å². The van der Waals surface area contributed by atoms with Crippen molar-refractivity contribution in [3.8, 4) is 33.5 Å². The number of benzene rings is 5. The summed E-state index contributed by atoms with van der Waals surface area (Å²) >= 11 is 0. The molecule has 208 valence electrons. The first kappa shape index (κ1) is 25.7. The van der Waals surface area contributed by atoms with Crippen LogP contribution in [0.25, 0.3) is 33.5 Å². The van der Waals surface area contributed by atoms with Crippen LogP contribution in [0.15, 0.2) is 134 Å². The average molecular weight is 555 g/mol. The summed E-state index contributed by atoms with van der Waals surface area (Å²) in [5, 5.41) is 0. The van der Waals surface area contributed by atoms with Crippen molar-refractivity contribution in [1.82, 2.24) is 4.98 Å². The second-order valence-electron chi connectivity index (χ2n) is 12.9. The van der Waals surface area contributed by atoms with Gasteiger partial charge >= 0.3 is 0 Å². The van der Waals surface area contributed by atoms with Crippen molar-refractivity contribution in [2.75, 3.05) is 4.90 Å². The summed E-state index contributed by atoms with van der Waals surface area (Å²) in [6, 6.07) is 46.6. The van der Waals surface area contributed by atoms with Crippen LogP contribution in [0.1, 0.15) is 49.9 Å². The third kappa shape index (κ3) is 3.83. The Hall–Kier alpha value is -4.95. The summed E-state index contributed by atoms with van der Waals surface area (Å²) in [6.07, 6.45) is 1.85. The maximum atomic E-state index is 4.58. The van der Waals surface area contributed by atoms with E-state index in [4.69, 9.17) is 0 Å². The predicted molar refractivity (Wildman–Crippen MR) is 179 cm³/mol. The number of hydrogen-bond acceptors (Lipinski definition) is 2. The molecule has 0 spiro atoms. The fraction of sp³-hybridized carbons (Fsp3) is 0.146. The Balaban J connectivity index is 1.30. The molecule has 0 aliphatic heterocycles. The SMILES string of the molecule is CC1(C)c2ccccc2-c2ccc(N(c3ccc(-c4ccccn4)cc3)c3ccc4c(c3)C(C)(C)c3ccccc3-4)cc21. The summed E-state index contributed by atoms with van der Waals surface area (Å²) in [5.41, 5.74) is 16.3. The zero-order chi connectivity index (χ0) is 29.3. The minimum Gasteiger partial charge on any atom is -0.310 e. The molecule has 0 saturated heterocycles. The maximum Gasteiger partial charge on any atom is 0.0701 e. The molecule has 2 aliphatic carbocycles.